The molecule has 0 saturated heterocycles. The predicted octanol–water partition coefficient (Wildman–Crippen LogP) is 1.93. The quantitative estimate of drug-likeness (QED) is 0.899. The molecule has 1 aliphatic carbocycles. The lowest BCUT2D eigenvalue weighted by Gasteiger charge is -2.27. The van der Waals surface area contributed by atoms with E-state index < -0.39 is 21.3 Å². The predicted molar refractivity (Wildman–Crippen MR) is 75.5 cm³/mol. The second-order valence-corrected chi connectivity index (χ2v) is 7.14. The fraction of sp³-hybridized carbons (Fsp3) is 0.500. The first-order valence-corrected chi connectivity index (χ1v) is 8.39. The molecule has 1 aliphatic rings. The minimum absolute atomic E-state index is 0.113. The summed E-state index contributed by atoms with van der Waals surface area (Å²) in [5.41, 5.74) is -0.714. The Morgan fingerprint density at radius 3 is 2.62 bits per heavy atom. The zero-order chi connectivity index (χ0) is 15.5. The molecule has 1 aromatic rings. The van der Waals surface area contributed by atoms with E-state index >= 15 is 0 Å². The maximum atomic E-state index is 13.5. The highest BCUT2D eigenvalue weighted by Gasteiger charge is 2.38. The molecule has 0 heterocycles. The first kappa shape index (κ1) is 15.7. The standard InChI is InChI=1S/C14H17FN2O3S/c15-12-4-3-5-13(11(12)8-16)20-9-14(6-1-2-7-14)10-21(17,18)19/h3-5H,1-2,6-7,9-10H2,(H2,17,18,19). The molecule has 7 heteroatoms. The number of nitriles is 1. The van der Waals surface area contributed by atoms with Crippen LogP contribution in [0, 0.1) is 22.6 Å². The van der Waals surface area contributed by atoms with Crippen molar-refractivity contribution in [3.63, 3.8) is 0 Å². The van der Waals surface area contributed by atoms with E-state index in [-0.39, 0.29) is 23.7 Å². The Morgan fingerprint density at radius 1 is 1.38 bits per heavy atom. The molecular weight excluding hydrogens is 295 g/mol. The molecule has 0 spiro atoms. The van der Waals surface area contributed by atoms with Crippen LogP contribution in [-0.2, 0) is 10.0 Å². The van der Waals surface area contributed by atoms with E-state index in [4.69, 9.17) is 15.1 Å². The molecule has 1 saturated carbocycles. The molecule has 1 aromatic carbocycles. The molecule has 1 fully saturated rings. The Kier molecular flexibility index (Phi) is 4.49. The summed E-state index contributed by atoms with van der Waals surface area (Å²) in [7, 11) is -3.61. The number of halogens is 1. The van der Waals surface area contributed by atoms with E-state index in [1.807, 2.05) is 0 Å². The van der Waals surface area contributed by atoms with Crippen LogP contribution >= 0.6 is 0 Å². The molecule has 0 radical (unpaired) electrons. The molecule has 5 nitrogen and oxygen atoms in total. The SMILES string of the molecule is N#Cc1c(F)cccc1OCC1(CS(N)(=O)=O)CCCC1. The van der Waals surface area contributed by atoms with Crippen molar-refractivity contribution in [1.82, 2.24) is 0 Å². The summed E-state index contributed by atoms with van der Waals surface area (Å²) in [4.78, 5) is 0. The molecule has 0 amide bonds. The van der Waals surface area contributed by atoms with Gasteiger partial charge in [-0.3, -0.25) is 0 Å². The zero-order valence-electron chi connectivity index (χ0n) is 11.5. The molecule has 0 aliphatic heterocycles. The van der Waals surface area contributed by atoms with E-state index in [1.165, 1.54) is 18.2 Å². The van der Waals surface area contributed by atoms with Gasteiger partial charge >= 0.3 is 0 Å². The van der Waals surface area contributed by atoms with Gasteiger partial charge in [0.1, 0.15) is 23.2 Å². The zero-order valence-corrected chi connectivity index (χ0v) is 12.3. The van der Waals surface area contributed by atoms with Gasteiger partial charge in [-0.15, -0.1) is 0 Å². The second-order valence-electron chi connectivity index (χ2n) is 5.53. The van der Waals surface area contributed by atoms with E-state index in [0.29, 0.717) is 12.8 Å². The van der Waals surface area contributed by atoms with Gasteiger partial charge in [-0.05, 0) is 25.0 Å². The van der Waals surface area contributed by atoms with Gasteiger partial charge < -0.3 is 4.74 Å². The number of hydrogen-bond donors (Lipinski definition) is 1. The lowest BCUT2D eigenvalue weighted by Crippen LogP contribution is -2.36. The molecule has 0 atom stereocenters. The summed E-state index contributed by atoms with van der Waals surface area (Å²) in [5, 5.41) is 14.1. The van der Waals surface area contributed by atoms with Gasteiger partial charge in [0.25, 0.3) is 0 Å². The van der Waals surface area contributed by atoms with Crippen molar-refractivity contribution in [2.75, 3.05) is 12.4 Å². The molecule has 114 valence electrons. The highest BCUT2D eigenvalue weighted by molar-refractivity contribution is 7.89. The smallest absolute Gasteiger partial charge is 0.209 e. The van der Waals surface area contributed by atoms with Crippen molar-refractivity contribution in [1.29, 1.82) is 5.26 Å². The molecule has 0 aromatic heterocycles. The third kappa shape index (κ3) is 3.93. The van der Waals surface area contributed by atoms with Crippen molar-refractivity contribution in [3.8, 4) is 11.8 Å². The summed E-state index contributed by atoms with van der Waals surface area (Å²) in [6.45, 7) is 0.113. The fourth-order valence-corrected chi connectivity index (χ4v) is 4.07. The van der Waals surface area contributed by atoms with Crippen LogP contribution in [0.4, 0.5) is 4.39 Å². The molecule has 21 heavy (non-hydrogen) atoms. The average Bonchev–Trinajstić information content (AvgIpc) is 2.83. The number of nitrogens with zero attached hydrogens (tertiary/aromatic N) is 1. The van der Waals surface area contributed by atoms with E-state index in [9.17, 15) is 12.8 Å². The first-order valence-electron chi connectivity index (χ1n) is 6.67. The maximum Gasteiger partial charge on any atom is 0.209 e. The third-order valence-electron chi connectivity index (χ3n) is 3.79. The Bertz CT molecular complexity index is 661. The number of ether oxygens (including phenoxy) is 1. The fourth-order valence-electron chi connectivity index (χ4n) is 2.85. The van der Waals surface area contributed by atoms with Crippen LogP contribution in [-0.4, -0.2) is 20.8 Å². The van der Waals surface area contributed by atoms with E-state index in [0.717, 1.165) is 12.8 Å². The van der Waals surface area contributed by atoms with E-state index in [2.05, 4.69) is 0 Å². The highest BCUT2D eigenvalue weighted by atomic mass is 32.2. The summed E-state index contributed by atoms with van der Waals surface area (Å²) < 4.78 is 41.8. The van der Waals surface area contributed by atoms with Gasteiger partial charge in [-0.2, -0.15) is 5.26 Å². The molecule has 2 N–H and O–H groups in total. The van der Waals surface area contributed by atoms with Gasteiger partial charge in [0.15, 0.2) is 0 Å². The van der Waals surface area contributed by atoms with Gasteiger partial charge in [-0.25, -0.2) is 17.9 Å². The van der Waals surface area contributed by atoms with Crippen LogP contribution in [0.25, 0.3) is 0 Å². The van der Waals surface area contributed by atoms with Gasteiger partial charge in [0, 0.05) is 5.41 Å². The summed E-state index contributed by atoms with van der Waals surface area (Å²) in [6.07, 6.45) is 3.21. The second kappa shape index (κ2) is 6.00. The Hall–Kier alpha value is -1.65. The minimum atomic E-state index is -3.61. The van der Waals surface area contributed by atoms with Crippen LogP contribution in [0.15, 0.2) is 18.2 Å². The number of rotatable bonds is 5. The van der Waals surface area contributed by atoms with Crippen molar-refractivity contribution in [2.45, 2.75) is 25.7 Å². The van der Waals surface area contributed by atoms with Gasteiger partial charge in [0.2, 0.25) is 10.0 Å². The van der Waals surface area contributed by atoms with Crippen LogP contribution in [0.1, 0.15) is 31.2 Å². The van der Waals surface area contributed by atoms with Crippen LogP contribution in [0.3, 0.4) is 0 Å². The minimum Gasteiger partial charge on any atom is -0.491 e. The topological polar surface area (TPSA) is 93.2 Å². The van der Waals surface area contributed by atoms with E-state index in [1.54, 1.807) is 6.07 Å². The van der Waals surface area contributed by atoms with Crippen molar-refractivity contribution in [3.05, 3.63) is 29.6 Å². The highest BCUT2D eigenvalue weighted by Crippen LogP contribution is 2.39. The Morgan fingerprint density at radius 2 is 2.05 bits per heavy atom. The molecular formula is C14H17FN2O3S. The summed E-state index contributed by atoms with van der Waals surface area (Å²) in [5.74, 6) is -0.669. The van der Waals surface area contributed by atoms with Crippen molar-refractivity contribution in [2.24, 2.45) is 10.6 Å². The molecule has 0 bridgehead atoms. The maximum absolute atomic E-state index is 13.5. The molecule has 2 rings (SSSR count). The lowest BCUT2D eigenvalue weighted by molar-refractivity contribution is 0.169. The molecule has 0 unspecified atom stereocenters. The van der Waals surface area contributed by atoms with Crippen LogP contribution in [0.2, 0.25) is 0 Å². The Labute approximate surface area is 123 Å². The lowest BCUT2D eigenvalue weighted by atomic mass is 9.90. The van der Waals surface area contributed by atoms with Gasteiger partial charge in [-0.1, -0.05) is 18.9 Å². The normalized spacial score (nSPS) is 17.4. The Balaban J connectivity index is 2.17. The first-order chi connectivity index (χ1) is 9.85. The summed E-state index contributed by atoms with van der Waals surface area (Å²) >= 11 is 0. The van der Waals surface area contributed by atoms with Crippen LogP contribution in [0.5, 0.6) is 5.75 Å². The average molecular weight is 312 g/mol. The van der Waals surface area contributed by atoms with Crippen LogP contribution < -0.4 is 9.88 Å². The number of benzene rings is 1. The number of primary sulfonamides is 1. The van der Waals surface area contributed by atoms with Gasteiger partial charge in [0.05, 0.1) is 12.4 Å². The monoisotopic (exact) mass is 312 g/mol. The number of hydrogen-bond acceptors (Lipinski definition) is 4. The van der Waals surface area contributed by atoms with Crippen molar-refractivity contribution >= 4 is 10.0 Å². The number of nitrogens with two attached hydrogens (primary N) is 1. The number of sulfonamides is 1. The third-order valence-corrected chi connectivity index (χ3v) is 4.81. The largest absolute Gasteiger partial charge is 0.491 e. The van der Waals surface area contributed by atoms with Crippen molar-refractivity contribution < 1.29 is 17.5 Å². The summed E-state index contributed by atoms with van der Waals surface area (Å²) in [6, 6.07) is 5.89.